The molecule has 0 aliphatic carbocycles. The van der Waals surface area contributed by atoms with Gasteiger partial charge in [-0.05, 0) is 64.2 Å². The molecule has 0 N–H and O–H groups in total. The summed E-state index contributed by atoms with van der Waals surface area (Å²) >= 11 is 0. The number of nitrogens with zero attached hydrogens (tertiary/aromatic N) is 1. The van der Waals surface area contributed by atoms with Crippen molar-refractivity contribution >= 4 is 18.4 Å². The highest BCUT2D eigenvalue weighted by atomic mass is 31.2. The largest absolute Gasteiger partial charge is 0.330 e. The fourth-order valence-electron chi connectivity index (χ4n) is 5.71. The number of hydrogen-bond acceptors (Lipinski definition) is 4. The maximum absolute atomic E-state index is 13.7. The van der Waals surface area contributed by atoms with E-state index in [4.69, 9.17) is 4.52 Å². The summed E-state index contributed by atoms with van der Waals surface area (Å²) in [6.07, 6.45) is 40.4. The zero-order valence-electron chi connectivity index (χ0n) is 32.1. The van der Waals surface area contributed by atoms with Gasteiger partial charge in [0.2, 0.25) is 11.0 Å². The van der Waals surface area contributed by atoms with E-state index in [9.17, 15) is 14.2 Å². The van der Waals surface area contributed by atoms with Crippen LogP contribution in [-0.4, -0.2) is 49.8 Å². The van der Waals surface area contributed by atoms with Crippen molar-refractivity contribution in [1.29, 1.82) is 0 Å². The second kappa shape index (κ2) is 32.2. The molecule has 0 spiro atoms. The van der Waals surface area contributed by atoms with Gasteiger partial charge in [0.25, 0.3) is 0 Å². The van der Waals surface area contributed by atoms with Crippen molar-refractivity contribution in [3.05, 3.63) is 24.3 Å². The molecule has 0 amide bonds. The molecule has 0 radical (unpaired) electrons. The molecule has 0 saturated carbocycles. The highest BCUT2D eigenvalue weighted by Gasteiger charge is 2.40. The zero-order chi connectivity index (χ0) is 34.9. The number of carbonyl (C=O) groups excluding carboxylic acids is 2. The van der Waals surface area contributed by atoms with Crippen LogP contribution in [0.15, 0.2) is 24.3 Å². The van der Waals surface area contributed by atoms with Crippen molar-refractivity contribution in [2.45, 2.75) is 194 Å². The smallest absolute Gasteiger partial charge is 0.329 e. The number of unbranched alkanes of at least 4 members (excludes halogenated alkanes) is 22. The molecule has 0 aliphatic rings. The minimum Gasteiger partial charge on any atom is -0.329 e. The van der Waals surface area contributed by atoms with Crippen LogP contribution in [0.1, 0.15) is 194 Å². The molecule has 276 valence electrons. The molecular weight excluding hydrogens is 601 g/mol. The lowest BCUT2D eigenvalue weighted by Crippen LogP contribution is -2.37. The van der Waals surface area contributed by atoms with Crippen molar-refractivity contribution in [3.63, 3.8) is 0 Å². The average Bonchev–Trinajstić information content (AvgIpc) is 3.03. The number of carbonyl (C=O) groups is 2. The van der Waals surface area contributed by atoms with E-state index in [0.717, 1.165) is 51.4 Å². The quantitative estimate of drug-likeness (QED) is 0.0286. The molecule has 0 unspecified atom stereocenters. The maximum atomic E-state index is 13.7. The SMILES string of the molecule is CCCCCCCCC=CCCCCCCCC(=O)P(=O)(OCC[N+](C)(C)C)C(=O)CCCCCCCC=CCCCCCCCC. The fraction of sp³-hybridized carbons (Fsp3) is 0.854. The van der Waals surface area contributed by atoms with Crippen LogP contribution < -0.4 is 0 Å². The average molecular weight is 681 g/mol. The van der Waals surface area contributed by atoms with Gasteiger partial charge in [0.15, 0.2) is 0 Å². The molecule has 47 heavy (non-hydrogen) atoms. The van der Waals surface area contributed by atoms with Crippen LogP contribution in [0.25, 0.3) is 0 Å². The van der Waals surface area contributed by atoms with Crippen LogP contribution in [0, 0.1) is 0 Å². The summed E-state index contributed by atoms with van der Waals surface area (Å²) in [5.41, 5.74) is -0.927. The summed E-state index contributed by atoms with van der Waals surface area (Å²) in [4.78, 5) is 26.3. The molecule has 0 saturated heterocycles. The fourth-order valence-corrected chi connectivity index (χ4v) is 7.52. The van der Waals surface area contributed by atoms with Gasteiger partial charge in [0.05, 0.1) is 21.1 Å². The van der Waals surface area contributed by atoms with E-state index >= 15 is 0 Å². The minimum atomic E-state index is -3.97. The zero-order valence-corrected chi connectivity index (χ0v) is 32.9. The number of hydrogen-bond donors (Lipinski definition) is 0. The number of quaternary nitrogens is 1. The predicted octanol–water partition coefficient (Wildman–Crippen LogP) is 13.1. The lowest BCUT2D eigenvalue weighted by Gasteiger charge is -2.25. The molecule has 0 heterocycles. The van der Waals surface area contributed by atoms with Gasteiger partial charge in [-0.3, -0.25) is 14.2 Å². The third kappa shape index (κ3) is 29.6. The van der Waals surface area contributed by atoms with Crippen molar-refractivity contribution in [2.75, 3.05) is 34.3 Å². The molecule has 5 nitrogen and oxygen atoms in total. The summed E-state index contributed by atoms with van der Waals surface area (Å²) in [5, 5.41) is 0. The molecule has 0 atom stereocenters. The summed E-state index contributed by atoms with van der Waals surface area (Å²) in [6, 6.07) is 0. The van der Waals surface area contributed by atoms with Gasteiger partial charge in [0, 0.05) is 12.8 Å². The first-order chi connectivity index (χ1) is 22.7. The van der Waals surface area contributed by atoms with Crippen molar-refractivity contribution in [3.8, 4) is 0 Å². The molecule has 0 aliphatic heterocycles. The molecule has 0 bridgehead atoms. The Morgan fingerprint density at radius 3 is 1.11 bits per heavy atom. The molecule has 0 aromatic rings. The van der Waals surface area contributed by atoms with Crippen LogP contribution in [0.5, 0.6) is 0 Å². The highest BCUT2D eigenvalue weighted by molar-refractivity contribution is 7.90. The van der Waals surface area contributed by atoms with E-state index in [0.29, 0.717) is 23.9 Å². The molecule has 0 aromatic carbocycles. The van der Waals surface area contributed by atoms with E-state index in [1.807, 2.05) is 21.1 Å². The summed E-state index contributed by atoms with van der Waals surface area (Å²) in [7, 11) is 2.10. The molecule has 0 rings (SSSR count). The van der Waals surface area contributed by atoms with Gasteiger partial charge in [-0.2, -0.15) is 0 Å². The third-order valence-corrected chi connectivity index (χ3v) is 11.3. The lowest BCUT2D eigenvalue weighted by molar-refractivity contribution is -0.870. The number of likely N-dealkylation sites (N-methyl/N-ethyl adjacent to an activating group) is 1. The van der Waals surface area contributed by atoms with Crippen LogP contribution in [0.3, 0.4) is 0 Å². The topological polar surface area (TPSA) is 60.4 Å². The molecule has 6 heteroatoms. The Morgan fingerprint density at radius 1 is 0.489 bits per heavy atom. The first-order valence-corrected chi connectivity index (χ1v) is 21.7. The van der Waals surface area contributed by atoms with Crippen LogP contribution >= 0.6 is 7.37 Å². The van der Waals surface area contributed by atoms with Crippen LogP contribution in [-0.2, 0) is 18.7 Å². The number of allylic oxidation sites excluding steroid dienone is 4. The summed E-state index contributed by atoms with van der Waals surface area (Å²) in [6.45, 7) is 5.28. The molecule has 0 aromatic heterocycles. The lowest BCUT2D eigenvalue weighted by atomic mass is 10.1. The third-order valence-electron chi connectivity index (χ3n) is 9.00. The Kier molecular flexibility index (Phi) is 31.5. The van der Waals surface area contributed by atoms with Gasteiger partial charge in [-0.25, -0.2) is 0 Å². The van der Waals surface area contributed by atoms with E-state index < -0.39 is 18.4 Å². The number of rotatable bonds is 36. The Bertz CT molecular complexity index is 789. The van der Waals surface area contributed by atoms with Crippen LogP contribution in [0.2, 0.25) is 0 Å². The Balaban J connectivity index is 4.26. The second-order valence-corrected chi connectivity index (χ2v) is 17.2. The van der Waals surface area contributed by atoms with Crippen molar-refractivity contribution in [1.82, 2.24) is 0 Å². The minimum absolute atomic E-state index is 0.164. The summed E-state index contributed by atoms with van der Waals surface area (Å²) < 4.78 is 20.0. The predicted molar refractivity (Wildman–Crippen MR) is 205 cm³/mol. The normalized spacial score (nSPS) is 13.6. The van der Waals surface area contributed by atoms with Gasteiger partial charge >= 0.3 is 7.37 Å². The Morgan fingerprint density at radius 2 is 0.787 bits per heavy atom. The van der Waals surface area contributed by atoms with Gasteiger partial charge in [0.1, 0.15) is 13.2 Å². The van der Waals surface area contributed by atoms with Gasteiger partial charge in [-0.15, -0.1) is 0 Å². The van der Waals surface area contributed by atoms with Crippen molar-refractivity contribution in [2.24, 2.45) is 0 Å². The standard InChI is InChI=1S/C41H79NO4P/c1-6-8-10-12-14-16-18-20-22-24-26-28-30-32-34-36-40(43)47(45,46-39-38-42(3,4)5)41(44)37-35-33-31-29-27-25-23-21-19-17-15-13-11-9-7-2/h20-23H,6-19,24-39H2,1-5H3/q+1. The van der Waals surface area contributed by atoms with E-state index in [1.54, 1.807) is 0 Å². The first-order valence-electron chi connectivity index (χ1n) is 20.1. The second-order valence-electron chi connectivity index (χ2n) is 14.9. The van der Waals surface area contributed by atoms with E-state index in [-0.39, 0.29) is 19.4 Å². The monoisotopic (exact) mass is 681 g/mol. The van der Waals surface area contributed by atoms with Gasteiger partial charge in [-0.1, -0.05) is 141 Å². The van der Waals surface area contributed by atoms with E-state index in [2.05, 4.69) is 38.2 Å². The molecule has 0 fully saturated rings. The first kappa shape index (κ1) is 46.0. The summed E-state index contributed by atoms with van der Waals surface area (Å²) in [5.74, 6) is 0. The van der Waals surface area contributed by atoms with Crippen molar-refractivity contribution < 1.29 is 23.2 Å². The van der Waals surface area contributed by atoms with Crippen LogP contribution in [0.4, 0.5) is 0 Å². The Labute approximate surface area is 293 Å². The molecular formula is C41H79NO4P+. The maximum Gasteiger partial charge on any atom is 0.330 e. The van der Waals surface area contributed by atoms with E-state index in [1.165, 1.54) is 103 Å². The highest BCUT2D eigenvalue weighted by Crippen LogP contribution is 2.51. The Hall–Kier alpha value is -1.03. The van der Waals surface area contributed by atoms with Gasteiger partial charge < -0.3 is 9.01 Å².